The Morgan fingerprint density at radius 2 is 1.65 bits per heavy atom. The quantitative estimate of drug-likeness (QED) is 0.218. The third-order valence-corrected chi connectivity index (χ3v) is 6.60. The van der Waals surface area contributed by atoms with E-state index in [9.17, 15) is 40.7 Å². The molecule has 3 amide bonds. The second-order valence-corrected chi connectivity index (χ2v) is 9.03. The smallest absolute Gasteiger partial charge is 0.422 e. The standard InChI is InChI=1S/C24H18ClF6N3O5S/c1-4-39-19(35)22(2)17(12-5-10-15(16(25)11-12)24(29,30)31)32-34(18(22)40)20(36)33(21(37)38-3)14-8-6-13(7-9-14)23(26,27)28/h5-11H,4H2,1-3H3. The van der Waals surface area contributed by atoms with Crippen LogP contribution in [0.3, 0.4) is 0 Å². The number of methoxy groups -OCH3 is 1. The summed E-state index contributed by atoms with van der Waals surface area (Å²) < 4.78 is 88.5. The van der Waals surface area contributed by atoms with Crippen LogP contribution in [-0.2, 0) is 26.6 Å². The van der Waals surface area contributed by atoms with Crippen molar-refractivity contribution in [3.8, 4) is 0 Å². The Balaban J connectivity index is 2.15. The van der Waals surface area contributed by atoms with Gasteiger partial charge in [-0.1, -0.05) is 29.9 Å². The summed E-state index contributed by atoms with van der Waals surface area (Å²) >= 11 is 11.2. The van der Waals surface area contributed by atoms with Crippen molar-refractivity contribution in [2.45, 2.75) is 26.2 Å². The number of hydrogen-bond acceptors (Lipinski definition) is 7. The Kier molecular flexibility index (Phi) is 8.51. The molecule has 0 N–H and O–H groups in total. The van der Waals surface area contributed by atoms with Gasteiger partial charge >= 0.3 is 30.4 Å². The fourth-order valence-electron chi connectivity index (χ4n) is 3.67. The van der Waals surface area contributed by atoms with Crippen LogP contribution in [0.25, 0.3) is 0 Å². The number of halogens is 7. The normalized spacial score (nSPS) is 17.4. The molecule has 0 bridgehead atoms. The molecule has 1 atom stereocenters. The van der Waals surface area contributed by atoms with E-state index in [0.29, 0.717) is 28.1 Å². The maximum atomic E-state index is 13.5. The van der Waals surface area contributed by atoms with Crippen molar-refractivity contribution in [1.82, 2.24) is 5.01 Å². The van der Waals surface area contributed by atoms with Gasteiger partial charge in [-0.05, 0) is 50.2 Å². The topological polar surface area (TPSA) is 88.5 Å². The molecule has 0 fully saturated rings. The van der Waals surface area contributed by atoms with E-state index >= 15 is 0 Å². The van der Waals surface area contributed by atoms with Gasteiger partial charge in [0.05, 0.1) is 41.3 Å². The van der Waals surface area contributed by atoms with Crippen LogP contribution in [0.15, 0.2) is 47.6 Å². The maximum absolute atomic E-state index is 13.5. The largest absolute Gasteiger partial charge is 0.465 e. The molecule has 2 aromatic carbocycles. The van der Waals surface area contributed by atoms with Crippen molar-refractivity contribution in [1.29, 1.82) is 0 Å². The van der Waals surface area contributed by atoms with Gasteiger partial charge in [-0.2, -0.15) is 41.4 Å². The van der Waals surface area contributed by atoms with E-state index < -0.39 is 57.0 Å². The number of carbonyl (C=O) groups excluding carboxylic acids is 3. The van der Waals surface area contributed by atoms with Gasteiger partial charge in [0.15, 0.2) is 5.41 Å². The lowest BCUT2D eigenvalue weighted by atomic mass is 9.81. The molecule has 0 aliphatic carbocycles. The average Bonchev–Trinajstić information content (AvgIpc) is 3.14. The van der Waals surface area contributed by atoms with E-state index in [0.717, 1.165) is 31.4 Å². The molecule has 0 aromatic heterocycles. The van der Waals surface area contributed by atoms with Crippen molar-refractivity contribution >= 4 is 58.3 Å². The molecular weight excluding hydrogens is 592 g/mol. The van der Waals surface area contributed by atoms with E-state index in [1.807, 2.05) is 0 Å². The molecule has 3 rings (SSSR count). The summed E-state index contributed by atoms with van der Waals surface area (Å²) in [5.41, 5.74) is -5.12. The fourth-order valence-corrected chi connectivity index (χ4v) is 4.25. The van der Waals surface area contributed by atoms with Gasteiger partial charge in [0.25, 0.3) is 0 Å². The maximum Gasteiger partial charge on any atom is 0.422 e. The highest BCUT2D eigenvalue weighted by molar-refractivity contribution is 7.80. The van der Waals surface area contributed by atoms with E-state index in [1.165, 1.54) is 13.8 Å². The summed E-state index contributed by atoms with van der Waals surface area (Å²) in [6.07, 6.45) is -10.8. The Labute approximate surface area is 233 Å². The number of rotatable bonds is 4. The van der Waals surface area contributed by atoms with E-state index in [1.54, 1.807) is 0 Å². The van der Waals surface area contributed by atoms with Gasteiger partial charge in [0.1, 0.15) is 4.99 Å². The summed E-state index contributed by atoms with van der Waals surface area (Å²) in [6.45, 7) is 2.52. The number of urea groups is 1. The lowest BCUT2D eigenvalue weighted by Crippen LogP contribution is -2.50. The molecule has 0 spiro atoms. The van der Waals surface area contributed by atoms with Crippen molar-refractivity contribution in [2.75, 3.05) is 18.6 Å². The number of amides is 3. The number of esters is 1. The first-order valence-electron chi connectivity index (χ1n) is 11.1. The Morgan fingerprint density at radius 3 is 2.12 bits per heavy atom. The number of nitrogens with zero attached hydrogens (tertiary/aromatic N) is 3. The Morgan fingerprint density at radius 1 is 1.05 bits per heavy atom. The second-order valence-electron chi connectivity index (χ2n) is 8.24. The highest BCUT2D eigenvalue weighted by atomic mass is 35.5. The van der Waals surface area contributed by atoms with E-state index in [2.05, 4.69) is 9.84 Å². The summed E-state index contributed by atoms with van der Waals surface area (Å²) in [5.74, 6) is -1.02. The number of thiocarbonyl (C=S) groups is 1. The van der Waals surface area contributed by atoms with Crippen molar-refractivity contribution in [2.24, 2.45) is 10.5 Å². The Bertz CT molecular complexity index is 1400. The minimum Gasteiger partial charge on any atom is -0.465 e. The number of alkyl halides is 6. The molecule has 2 aromatic rings. The second kappa shape index (κ2) is 11.0. The van der Waals surface area contributed by atoms with Gasteiger partial charge in [-0.25, -0.2) is 9.59 Å². The zero-order chi connectivity index (χ0) is 30.2. The first kappa shape index (κ1) is 30.8. The summed E-state index contributed by atoms with van der Waals surface area (Å²) in [6, 6.07) is 3.97. The number of imide groups is 1. The first-order chi connectivity index (χ1) is 18.5. The monoisotopic (exact) mass is 609 g/mol. The van der Waals surface area contributed by atoms with Crippen LogP contribution < -0.4 is 4.90 Å². The minimum absolute atomic E-state index is 0.134. The van der Waals surface area contributed by atoms with Crippen LogP contribution in [0.4, 0.5) is 41.6 Å². The van der Waals surface area contributed by atoms with Crippen molar-refractivity contribution in [3.05, 3.63) is 64.2 Å². The predicted molar refractivity (Wildman–Crippen MR) is 134 cm³/mol. The molecule has 0 saturated heterocycles. The molecule has 1 aliphatic heterocycles. The Hall–Kier alpha value is -3.72. The minimum atomic E-state index is -4.79. The molecule has 0 radical (unpaired) electrons. The highest BCUT2D eigenvalue weighted by Crippen LogP contribution is 2.40. The molecule has 1 aliphatic rings. The predicted octanol–water partition coefficient (Wildman–Crippen LogP) is 6.69. The number of hydrazone groups is 1. The van der Waals surface area contributed by atoms with Crippen LogP contribution in [0.2, 0.25) is 5.02 Å². The summed E-state index contributed by atoms with van der Waals surface area (Å²) in [7, 11) is 0.899. The molecule has 1 heterocycles. The van der Waals surface area contributed by atoms with Gasteiger partial charge in [0, 0.05) is 5.56 Å². The van der Waals surface area contributed by atoms with Crippen LogP contribution in [-0.4, -0.2) is 47.5 Å². The third-order valence-electron chi connectivity index (χ3n) is 5.71. The summed E-state index contributed by atoms with van der Waals surface area (Å²) in [4.78, 5) is 38.9. The zero-order valence-corrected chi connectivity index (χ0v) is 22.3. The average molecular weight is 610 g/mol. The van der Waals surface area contributed by atoms with E-state index in [4.69, 9.17) is 28.6 Å². The molecule has 0 saturated carbocycles. The van der Waals surface area contributed by atoms with E-state index in [-0.39, 0.29) is 23.6 Å². The van der Waals surface area contributed by atoms with Crippen molar-refractivity contribution < 1.29 is 50.2 Å². The van der Waals surface area contributed by atoms with Gasteiger partial charge in [-0.15, -0.1) is 0 Å². The molecule has 16 heteroatoms. The number of ether oxygens (including phenoxy) is 2. The fraction of sp³-hybridized carbons (Fsp3) is 0.292. The van der Waals surface area contributed by atoms with Crippen LogP contribution >= 0.6 is 23.8 Å². The zero-order valence-electron chi connectivity index (χ0n) is 20.7. The first-order valence-corrected chi connectivity index (χ1v) is 11.8. The van der Waals surface area contributed by atoms with Crippen LogP contribution in [0.5, 0.6) is 0 Å². The number of hydrogen-bond donors (Lipinski definition) is 0. The number of carbonyl (C=O) groups is 3. The number of anilines is 1. The SMILES string of the molecule is CCOC(=O)C1(C)C(=S)N(C(=O)N(C(=O)OC)c2ccc(C(F)(F)F)cc2)N=C1c1ccc(C(F)(F)F)c(Cl)c1. The van der Waals surface area contributed by atoms with Crippen LogP contribution in [0.1, 0.15) is 30.5 Å². The van der Waals surface area contributed by atoms with Gasteiger partial charge < -0.3 is 9.47 Å². The third kappa shape index (κ3) is 5.61. The van der Waals surface area contributed by atoms with Gasteiger partial charge in [-0.3, -0.25) is 4.79 Å². The van der Waals surface area contributed by atoms with Gasteiger partial charge in [0.2, 0.25) is 0 Å². The molecule has 8 nitrogen and oxygen atoms in total. The van der Waals surface area contributed by atoms with Crippen molar-refractivity contribution in [3.63, 3.8) is 0 Å². The number of benzene rings is 2. The molecule has 1 unspecified atom stereocenters. The van der Waals surface area contributed by atoms with Crippen LogP contribution in [0, 0.1) is 5.41 Å². The molecular formula is C24H18ClF6N3O5S. The highest BCUT2D eigenvalue weighted by Gasteiger charge is 2.55. The summed E-state index contributed by atoms with van der Waals surface area (Å²) in [5, 5.41) is 3.73. The lowest BCUT2D eigenvalue weighted by Gasteiger charge is -2.27. The molecule has 214 valence electrons. The molecule has 40 heavy (non-hydrogen) atoms. The lowest BCUT2D eigenvalue weighted by molar-refractivity contribution is -0.147.